The van der Waals surface area contributed by atoms with Crippen molar-refractivity contribution in [3.8, 4) is 0 Å². The summed E-state index contributed by atoms with van der Waals surface area (Å²) in [4.78, 5) is 0. The molecule has 114 valence electrons. The zero-order chi connectivity index (χ0) is 15.5. The summed E-state index contributed by atoms with van der Waals surface area (Å²) in [7, 11) is 0. The molecule has 2 aromatic rings. The fourth-order valence-corrected chi connectivity index (χ4v) is 2.22. The van der Waals surface area contributed by atoms with Crippen LogP contribution in [-0.4, -0.2) is 25.7 Å². The Kier molecular flexibility index (Phi) is 4.67. The van der Waals surface area contributed by atoms with Crippen molar-refractivity contribution in [1.29, 1.82) is 0 Å². The van der Waals surface area contributed by atoms with Gasteiger partial charge < -0.3 is 0 Å². The fraction of sp³-hybridized carbons (Fsp3) is 0.167. The van der Waals surface area contributed by atoms with Crippen molar-refractivity contribution in [2.24, 2.45) is 0 Å². The van der Waals surface area contributed by atoms with Crippen LogP contribution in [0.2, 0.25) is 0 Å². The van der Waals surface area contributed by atoms with Gasteiger partial charge >= 0.3 is 36.4 Å². The van der Waals surface area contributed by atoms with Crippen LogP contribution >= 0.6 is 0 Å². The van der Waals surface area contributed by atoms with Gasteiger partial charge in [-0.05, 0) is 22.5 Å². The summed E-state index contributed by atoms with van der Waals surface area (Å²) in [5.41, 5.74) is 1.46. The molecule has 0 aliphatic rings. The van der Waals surface area contributed by atoms with Gasteiger partial charge in [0.15, 0.2) is 0 Å². The first-order chi connectivity index (χ1) is 8.86. The van der Waals surface area contributed by atoms with Crippen molar-refractivity contribution in [1.82, 2.24) is 0 Å². The van der Waals surface area contributed by atoms with E-state index in [-0.39, 0.29) is 0 Å². The zero-order valence-electron chi connectivity index (χ0n) is 10.4. The van der Waals surface area contributed by atoms with Gasteiger partial charge in [0, 0.05) is 5.56 Å². The molecule has 2 rings (SSSR count). The molecule has 0 bridgehead atoms. The number of rotatable bonds is 2. The molecule has 0 radical (unpaired) electrons. The van der Waals surface area contributed by atoms with E-state index in [0.717, 1.165) is 5.75 Å². The van der Waals surface area contributed by atoms with Gasteiger partial charge in [-0.3, -0.25) is 0 Å². The fourth-order valence-electron chi connectivity index (χ4n) is 1.60. The third-order valence-electron chi connectivity index (χ3n) is 2.21. The monoisotopic (exact) mass is 424 g/mol. The number of benzene rings is 2. The van der Waals surface area contributed by atoms with E-state index in [1.807, 2.05) is 0 Å². The van der Waals surface area contributed by atoms with Crippen molar-refractivity contribution in [3.05, 3.63) is 48.0 Å². The first kappa shape index (κ1) is 17.5. The Balaban J connectivity index is 0.000000246. The Bertz CT molecular complexity index is 576. The molecule has 0 aliphatic heterocycles. The van der Waals surface area contributed by atoms with Gasteiger partial charge in [-0.2, -0.15) is 0 Å². The van der Waals surface area contributed by atoms with Crippen LogP contribution in [0.4, 0.5) is 16.9 Å². The van der Waals surface area contributed by atoms with Crippen molar-refractivity contribution in [3.63, 3.8) is 0 Å². The van der Waals surface area contributed by atoms with Crippen LogP contribution < -0.4 is 0 Å². The first-order valence-electron chi connectivity index (χ1n) is 5.45. The van der Waals surface area contributed by atoms with Crippen molar-refractivity contribution < 1.29 is 16.9 Å². The van der Waals surface area contributed by atoms with Crippen LogP contribution in [0.25, 0.3) is 10.8 Å². The third-order valence-corrected chi connectivity index (χ3v) is 2.87. The predicted molar refractivity (Wildman–Crippen MR) is 74.7 cm³/mol. The first-order valence-corrected chi connectivity index (χ1v) is 12.8. The van der Waals surface area contributed by atoms with Crippen molar-refractivity contribution in [2.45, 2.75) is 5.75 Å². The van der Waals surface area contributed by atoms with Gasteiger partial charge in [-0.15, -0.1) is 0 Å². The number of halogens is 6. The van der Waals surface area contributed by atoms with Gasteiger partial charge in [0.05, 0.1) is 6.26 Å². The molecule has 8 heteroatoms. The normalized spacial score (nSPS) is 14.9. The molecular weight excluding hydrogens is 412 g/mol. The molecule has 2 aromatic carbocycles. The summed E-state index contributed by atoms with van der Waals surface area (Å²) in [6.07, 6.45) is 2.20. The van der Waals surface area contributed by atoms with Crippen molar-refractivity contribution in [2.75, 3.05) is 6.26 Å². The molecule has 0 saturated heterocycles. The maximum atomic E-state index is 9.93. The van der Waals surface area contributed by atoms with Crippen LogP contribution in [0.15, 0.2) is 42.5 Å². The van der Waals surface area contributed by atoms with E-state index in [9.17, 15) is 16.9 Å². The van der Waals surface area contributed by atoms with Crippen molar-refractivity contribution >= 4 is 42.0 Å². The van der Waals surface area contributed by atoms with E-state index in [2.05, 4.69) is 48.7 Å². The Labute approximate surface area is 119 Å². The molecule has 0 aromatic heterocycles. The number of hydrogen-bond donors (Lipinski definition) is 0. The molecule has 0 heterocycles. The second-order valence-corrected chi connectivity index (χ2v) is 10.5. The summed E-state index contributed by atoms with van der Waals surface area (Å²) >= 11 is -9.82. The van der Waals surface area contributed by atoms with Gasteiger partial charge in [0.2, 0.25) is 0 Å². The summed E-state index contributed by atoms with van der Waals surface area (Å²) in [5, 5.41) is 2.75. The molecule has 0 unspecified atom stereocenters. The number of thiol groups is 1. The topological polar surface area (TPSA) is 0 Å². The Morgan fingerprint density at radius 1 is 0.850 bits per heavy atom. The molecule has 0 nitrogen and oxygen atoms in total. The van der Waals surface area contributed by atoms with Crippen LogP contribution in [0, 0.1) is 0 Å². The minimum absolute atomic E-state index is 1.15. The third kappa shape index (κ3) is 8.59. The van der Waals surface area contributed by atoms with E-state index in [1.165, 1.54) is 28.1 Å². The molecule has 0 amide bonds. The number of fused-ring (bicyclic) bond motifs is 1. The molecule has 0 aliphatic carbocycles. The van der Waals surface area contributed by atoms with Crippen LogP contribution in [0.5, 0.6) is 0 Å². The molecule has 0 saturated carbocycles. The van der Waals surface area contributed by atoms with E-state index >= 15 is 0 Å². The van der Waals surface area contributed by atoms with Crippen LogP contribution in [0.1, 0.15) is 5.56 Å². The maximum absolute atomic E-state index is 11.2. The van der Waals surface area contributed by atoms with Gasteiger partial charge in [-0.25, -0.2) is 0 Å². The van der Waals surface area contributed by atoms with Gasteiger partial charge in [0.25, 0.3) is 0 Å². The summed E-state index contributed by atoms with van der Waals surface area (Å²) in [6.45, 7) is 0. The quantitative estimate of drug-likeness (QED) is 0.277. The molecular formula is C12H13F6SSb. The number of hydrogen-bond acceptors (Lipinski definition) is 0. The van der Waals surface area contributed by atoms with E-state index in [1.54, 1.807) is 0 Å². The average Bonchev–Trinajstić information content (AvgIpc) is 2.26. The SMILES string of the molecule is C[SH+]Cc1cccc2ccccc12.[F][Sb-]([F])([F])([F])([F])[F]. The van der Waals surface area contributed by atoms with Gasteiger partial charge in [0.1, 0.15) is 5.75 Å². The summed E-state index contributed by atoms with van der Waals surface area (Å²) in [6, 6.07) is 15.1. The van der Waals surface area contributed by atoms with E-state index in [4.69, 9.17) is 0 Å². The molecule has 0 fully saturated rings. The van der Waals surface area contributed by atoms with Crippen LogP contribution in [0.3, 0.4) is 0 Å². The predicted octanol–water partition coefficient (Wildman–Crippen LogP) is 4.92. The molecule has 0 N–H and O–H groups in total. The Morgan fingerprint density at radius 2 is 1.35 bits per heavy atom. The van der Waals surface area contributed by atoms with Crippen LogP contribution in [-0.2, 0) is 17.5 Å². The van der Waals surface area contributed by atoms with Gasteiger partial charge in [-0.1, -0.05) is 42.5 Å². The average molecular weight is 425 g/mol. The zero-order valence-corrected chi connectivity index (χ0v) is 13.9. The second-order valence-electron chi connectivity index (χ2n) is 4.07. The molecule has 20 heavy (non-hydrogen) atoms. The molecule has 0 spiro atoms. The summed E-state index contributed by atoms with van der Waals surface area (Å²) in [5.74, 6) is 1.15. The Hall–Kier alpha value is -0.552. The minimum atomic E-state index is -11.2. The Morgan fingerprint density at radius 3 is 1.90 bits per heavy atom. The molecule has 0 atom stereocenters. The second kappa shape index (κ2) is 5.33. The van der Waals surface area contributed by atoms with E-state index < -0.39 is 19.5 Å². The van der Waals surface area contributed by atoms with E-state index in [0.29, 0.717) is 0 Å². The standard InChI is InChI=1S/C12H12S.6FH.Sb/c1-13-9-11-7-4-6-10-5-2-3-8-12(10)11;;;;;;;/h2-8H,9H2,1H3;6*1H;/q;;;;;;;+5/p-5. The summed E-state index contributed by atoms with van der Waals surface area (Å²) < 4.78 is 59.6.